The number of amides is 1. The molecular formula is C26H20F2N4O. The molecule has 4 aromatic rings. The minimum absolute atomic E-state index is 0.168. The average Bonchev–Trinajstić information content (AvgIpc) is 3.20. The van der Waals surface area contributed by atoms with E-state index < -0.39 is 5.82 Å². The minimum Gasteiger partial charge on any atom is -0.330 e. The average molecular weight is 442 g/mol. The van der Waals surface area contributed by atoms with Gasteiger partial charge in [0.05, 0.1) is 29.1 Å². The van der Waals surface area contributed by atoms with Gasteiger partial charge in [0.2, 0.25) is 0 Å². The molecule has 0 spiro atoms. The summed E-state index contributed by atoms with van der Waals surface area (Å²) in [5.41, 5.74) is 3.04. The molecule has 4 rings (SSSR count). The standard InChI is InChI=1S/C26H20F2N4O/c1-18-23(15-30-32(18)25-8-3-2-7-24(25)28)26(33)31(17-21-5-4-6-22(27)13-21)16-20-11-9-19(14-29)10-12-20/h2-13,15H,16-17H2,1H3. The molecule has 0 aliphatic heterocycles. The maximum Gasteiger partial charge on any atom is 0.257 e. The van der Waals surface area contributed by atoms with Gasteiger partial charge in [-0.1, -0.05) is 36.4 Å². The van der Waals surface area contributed by atoms with Crippen molar-refractivity contribution in [1.29, 1.82) is 5.26 Å². The Hall–Kier alpha value is -4.31. The van der Waals surface area contributed by atoms with E-state index in [0.29, 0.717) is 22.4 Å². The molecule has 33 heavy (non-hydrogen) atoms. The second-order valence-electron chi connectivity index (χ2n) is 7.61. The number of halogens is 2. The van der Waals surface area contributed by atoms with Crippen LogP contribution in [0.5, 0.6) is 0 Å². The number of nitrogens with zero attached hydrogens (tertiary/aromatic N) is 4. The summed E-state index contributed by atoms with van der Waals surface area (Å²) in [4.78, 5) is 15.1. The van der Waals surface area contributed by atoms with E-state index in [-0.39, 0.29) is 30.5 Å². The van der Waals surface area contributed by atoms with Crippen LogP contribution in [0.1, 0.15) is 32.7 Å². The van der Waals surface area contributed by atoms with Gasteiger partial charge in [-0.15, -0.1) is 0 Å². The maximum absolute atomic E-state index is 14.3. The van der Waals surface area contributed by atoms with Gasteiger partial charge in [-0.05, 0) is 54.4 Å². The normalized spacial score (nSPS) is 10.6. The van der Waals surface area contributed by atoms with Crippen molar-refractivity contribution in [2.75, 3.05) is 0 Å². The van der Waals surface area contributed by atoms with Crippen molar-refractivity contribution in [3.8, 4) is 11.8 Å². The van der Waals surface area contributed by atoms with Gasteiger partial charge in [-0.3, -0.25) is 4.79 Å². The van der Waals surface area contributed by atoms with Crippen molar-refractivity contribution >= 4 is 5.91 Å². The highest BCUT2D eigenvalue weighted by atomic mass is 19.1. The summed E-state index contributed by atoms with van der Waals surface area (Å²) >= 11 is 0. The number of benzene rings is 3. The van der Waals surface area contributed by atoms with E-state index in [1.165, 1.54) is 29.1 Å². The number of nitriles is 1. The first-order valence-electron chi connectivity index (χ1n) is 10.3. The molecule has 3 aromatic carbocycles. The number of carbonyl (C=O) groups is 1. The molecule has 5 nitrogen and oxygen atoms in total. The van der Waals surface area contributed by atoms with Crippen LogP contribution >= 0.6 is 0 Å². The molecule has 0 fully saturated rings. The van der Waals surface area contributed by atoms with Crippen LogP contribution in [-0.2, 0) is 13.1 Å². The molecule has 0 saturated heterocycles. The molecule has 1 amide bonds. The van der Waals surface area contributed by atoms with Crippen LogP contribution in [0.4, 0.5) is 8.78 Å². The Balaban J connectivity index is 1.68. The highest BCUT2D eigenvalue weighted by molar-refractivity contribution is 5.95. The Bertz CT molecular complexity index is 1340. The van der Waals surface area contributed by atoms with Gasteiger partial charge >= 0.3 is 0 Å². The second kappa shape index (κ2) is 9.45. The lowest BCUT2D eigenvalue weighted by molar-refractivity contribution is 0.0729. The van der Waals surface area contributed by atoms with Crippen LogP contribution in [0.2, 0.25) is 0 Å². The number of rotatable bonds is 6. The molecular weight excluding hydrogens is 422 g/mol. The summed E-state index contributed by atoms with van der Waals surface area (Å²) in [6.45, 7) is 2.11. The van der Waals surface area contributed by atoms with Gasteiger partial charge in [0.15, 0.2) is 0 Å². The van der Waals surface area contributed by atoms with Crippen molar-refractivity contribution in [1.82, 2.24) is 14.7 Å². The van der Waals surface area contributed by atoms with Crippen LogP contribution in [0, 0.1) is 29.9 Å². The first-order valence-corrected chi connectivity index (χ1v) is 10.3. The highest BCUT2D eigenvalue weighted by Crippen LogP contribution is 2.21. The lowest BCUT2D eigenvalue weighted by atomic mass is 10.1. The second-order valence-corrected chi connectivity index (χ2v) is 7.61. The number of hydrogen-bond acceptors (Lipinski definition) is 3. The number of para-hydroxylation sites is 1. The van der Waals surface area contributed by atoms with Crippen molar-refractivity contribution in [3.05, 3.63) is 119 Å². The molecule has 7 heteroatoms. The molecule has 0 atom stereocenters. The van der Waals surface area contributed by atoms with E-state index in [9.17, 15) is 13.6 Å². The van der Waals surface area contributed by atoms with Crippen LogP contribution in [0.3, 0.4) is 0 Å². The summed E-state index contributed by atoms with van der Waals surface area (Å²) in [5, 5.41) is 13.3. The number of aromatic nitrogens is 2. The Labute approximate surface area is 190 Å². The molecule has 0 N–H and O–H groups in total. The lowest BCUT2D eigenvalue weighted by Crippen LogP contribution is -2.30. The summed E-state index contributed by atoms with van der Waals surface area (Å²) in [6, 6.07) is 21.3. The van der Waals surface area contributed by atoms with E-state index in [2.05, 4.69) is 11.2 Å². The Morgan fingerprint density at radius 1 is 1.00 bits per heavy atom. The van der Waals surface area contributed by atoms with Gasteiger partial charge in [0.1, 0.15) is 17.3 Å². The summed E-state index contributed by atoms with van der Waals surface area (Å²) in [6.07, 6.45) is 1.42. The predicted octanol–water partition coefficient (Wildman–Crippen LogP) is 5.17. The Morgan fingerprint density at radius 3 is 2.42 bits per heavy atom. The SMILES string of the molecule is Cc1c(C(=O)N(Cc2ccc(C#N)cc2)Cc2cccc(F)c2)cnn1-c1ccccc1F. The number of hydrogen-bond donors (Lipinski definition) is 0. The molecule has 0 aliphatic carbocycles. The van der Waals surface area contributed by atoms with Gasteiger partial charge in [0.25, 0.3) is 5.91 Å². The molecule has 1 aromatic heterocycles. The topological polar surface area (TPSA) is 61.9 Å². The van der Waals surface area contributed by atoms with E-state index in [4.69, 9.17) is 5.26 Å². The van der Waals surface area contributed by atoms with Crippen LogP contribution < -0.4 is 0 Å². The van der Waals surface area contributed by atoms with E-state index in [1.54, 1.807) is 66.4 Å². The summed E-state index contributed by atoms with van der Waals surface area (Å²) in [5.74, 6) is -1.15. The van der Waals surface area contributed by atoms with Crippen molar-refractivity contribution in [2.24, 2.45) is 0 Å². The summed E-state index contributed by atoms with van der Waals surface area (Å²) in [7, 11) is 0. The lowest BCUT2D eigenvalue weighted by Gasteiger charge is -2.23. The highest BCUT2D eigenvalue weighted by Gasteiger charge is 2.23. The van der Waals surface area contributed by atoms with E-state index in [1.807, 2.05) is 0 Å². The van der Waals surface area contributed by atoms with Gasteiger partial charge in [-0.25, -0.2) is 13.5 Å². The van der Waals surface area contributed by atoms with Gasteiger partial charge in [-0.2, -0.15) is 10.4 Å². The zero-order valence-electron chi connectivity index (χ0n) is 17.9. The first-order chi connectivity index (χ1) is 16.0. The molecule has 0 bridgehead atoms. The fraction of sp³-hybridized carbons (Fsp3) is 0.115. The largest absolute Gasteiger partial charge is 0.330 e. The molecule has 0 radical (unpaired) electrons. The van der Waals surface area contributed by atoms with Crippen molar-refractivity contribution in [3.63, 3.8) is 0 Å². The zero-order chi connectivity index (χ0) is 23.4. The third kappa shape index (κ3) is 4.80. The maximum atomic E-state index is 14.3. The fourth-order valence-corrected chi connectivity index (χ4v) is 3.62. The quantitative estimate of drug-likeness (QED) is 0.414. The summed E-state index contributed by atoms with van der Waals surface area (Å²) < 4.78 is 29.4. The zero-order valence-corrected chi connectivity index (χ0v) is 17.9. The third-order valence-corrected chi connectivity index (χ3v) is 5.33. The Kier molecular flexibility index (Phi) is 6.27. The van der Waals surface area contributed by atoms with Gasteiger partial charge in [0, 0.05) is 13.1 Å². The van der Waals surface area contributed by atoms with E-state index in [0.717, 1.165) is 5.56 Å². The molecule has 164 valence electrons. The predicted molar refractivity (Wildman–Crippen MR) is 119 cm³/mol. The fourth-order valence-electron chi connectivity index (χ4n) is 3.62. The minimum atomic E-state index is -0.447. The molecule has 1 heterocycles. The van der Waals surface area contributed by atoms with Crippen LogP contribution in [0.15, 0.2) is 79.0 Å². The monoisotopic (exact) mass is 442 g/mol. The molecule has 0 saturated carbocycles. The smallest absolute Gasteiger partial charge is 0.257 e. The molecule has 0 aliphatic rings. The van der Waals surface area contributed by atoms with Crippen LogP contribution in [-0.4, -0.2) is 20.6 Å². The van der Waals surface area contributed by atoms with Crippen molar-refractivity contribution < 1.29 is 13.6 Å². The van der Waals surface area contributed by atoms with Crippen LogP contribution in [0.25, 0.3) is 5.69 Å². The third-order valence-electron chi connectivity index (χ3n) is 5.33. The first kappa shape index (κ1) is 21.9. The Morgan fingerprint density at radius 2 is 1.73 bits per heavy atom. The molecule has 0 unspecified atom stereocenters. The number of carbonyl (C=O) groups excluding carboxylic acids is 1. The van der Waals surface area contributed by atoms with Crippen molar-refractivity contribution in [2.45, 2.75) is 20.0 Å². The van der Waals surface area contributed by atoms with Gasteiger partial charge < -0.3 is 4.90 Å². The van der Waals surface area contributed by atoms with E-state index >= 15 is 0 Å².